The molecule has 1 aliphatic heterocycles. The molecule has 3 aromatic carbocycles. The summed E-state index contributed by atoms with van der Waals surface area (Å²) in [6.07, 6.45) is 1.42. The minimum Gasteiger partial charge on any atom is -0.494 e. The second-order valence-corrected chi connectivity index (χ2v) is 9.83. The molecule has 184 valence electrons. The highest BCUT2D eigenvalue weighted by Gasteiger charge is 2.19. The molecule has 1 aliphatic rings. The van der Waals surface area contributed by atoms with Gasteiger partial charge in [-0.1, -0.05) is 58.4 Å². The maximum atomic E-state index is 13.5. The molecule has 0 bridgehead atoms. The zero-order chi connectivity index (χ0) is 24.5. The van der Waals surface area contributed by atoms with Gasteiger partial charge in [0.05, 0.1) is 13.0 Å². The van der Waals surface area contributed by atoms with Crippen molar-refractivity contribution in [2.45, 2.75) is 32.9 Å². The number of carbonyl (C=O) groups excluding carboxylic acids is 1. The molecule has 0 radical (unpaired) electrons. The van der Waals surface area contributed by atoms with Gasteiger partial charge >= 0.3 is 0 Å². The second kappa shape index (κ2) is 12.8. The molecular formula is C29H34BrN3O2. The molecule has 1 amide bonds. The third-order valence-electron chi connectivity index (χ3n) is 6.27. The van der Waals surface area contributed by atoms with Crippen LogP contribution < -0.4 is 10.1 Å². The maximum absolute atomic E-state index is 13.5. The molecule has 0 spiro atoms. The summed E-state index contributed by atoms with van der Waals surface area (Å²) in [7, 11) is 0. The van der Waals surface area contributed by atoms with Gasteiger partial charge in [-0.25, -0.2) is 0 Å². The quantitative estimate of drug-likeness (QED) is 0.437. The van der Waals surface area contributed by atoms with Crippen LogP contribution in [0.2, 0.25) is 0 Å². The highest BCUT2D eigenvalue weighted by Crippen LogP contribution is 2.24. The molecule has 1 heterocycles. The Balaban J connectivity index is 1.52. The number of ether oxygens (including phenoxy) is 1. The van der Waals surface area contributed by atoms with Crippen molar-refractivity contribution in [3.63, 3.8) is 0 Å². The number of amides is 1. The summed E-state index contributed by atoms with van der Waals surface area (Å²) in [5, 5.41) is 3.60. The lowest BCUT2D eigenvalue weighted by molar-refractivity contribution is -0.131. The largest absolute Gasteiger partial charge is 0.494 e. The minimum absolute atomic E-state index is 0.138. The molecule has 6 heteroatoms. The average molecular weight is 537 g/mol. The number of hydrogen-bond donors (Lipinski definition) is 1. The highest BCUT2D eigenvalue weighted by molar-refractivity contribution is 9.10. The van der Waals surface area contributed by atoms with Crippen molar-refractivity contribution < 1.29 is 9.53 Å². The van der Waals surface area contributed by atoms with Crippen molar-refractivity contribution in [2.24, 2.45) is 0 Å². The lowest BCUT2D eigenvalue weighted by atomic mass is 10.1. The predicted molar refractivity (Wildman–Crippen MR) is 146 cm³/mol. The van der Waals surface area contributed by atoms with Crippen molar-refractivity contribution in [2.75, 3.05) is 38.1 Å². The fraction of sp³-hybridized carbons (Fsp3) is 0.345. The van der Waals surface area contributed by atoms with Gasteiger partial charge in [-0.05, 0) is 60.4 Å². The summed E-state index contributed by atoms with van der Waals surface area (Å²) in [6, 6.07) is 24.7. The molecule has 0 atom stereocenters. The Kier molecular flexibility index (Phi) is 9.21. The van der Waals surface area contributed by atoms with Crippen LogP contribution in [0.15, 0.2) is 77.3 Å². The normalized spacial score (nSPS) is 15.0. The van der Waals surface area contributed by atoms with E-state index in [2.05, 4.69) is 74.7 Å². The van der Waals surface area contributed by atoms with Gasteiger partial charge in [0.25, 0.3) is 0 Å². The topological polar surface area (TPSA) is 44.8 Å². The first-order chi connectivity index (χ1) is 17.1. The first-order valence-electron chi connectivity index (χ1n) is 12.4. The SMILES string of the molecule is CCOc1ccc(CC(=O)N2CCN(Cc3ccccc3)CCCNc3ccc(Br)cc3C2)cc1. The molecule has 1 N–H and O–H groups in total. The van der Waals surface area contributed by atoms with Crippen LogP contribution in [-0.4, -0.2) is 48.5 Å². The van der Waals surface area contributed by atoms with Crippen molar-refractivity contribution in [3.05, 3.63) is 94.0 Å². The van der Waals surface area contributed by atoms with E-state index in [0.29, 0.717) is 26.1 Å². The third kappa shape index (κ3) is 7.58. The van der Waals surface area contributed by atoms with E-state index in [-0.39, 0.29) is 5.91 Å². The molecule has 0 unspecified atom stereocenters. The van der Waals surface area contributed by atoms with Gasteiger partial charge in [0.2, 0.25) is 5.91 Å². The van der Waals surface area contributed by atoms with Gasteiger partial charge in [0.15, 0.2) is 0 Å². The zero-order valence-electron chi connectivity index (χ0n) is 20.4. The van der Waals surface area contributed by atoms with Crippen molar-refractivity contribution in [3.8, 4) is 5.75 Å². The van der Waals surface area contributed by atoms with Crippen LogP contribution in [-0.2, 0) is 24.3 Å². The highest BCUT2D eigenvalue weighted by atomic mass is 79.9. The fourth-order valence-electron chi connectivity index (χ4n) is 4.42. The number of carbonyl (C=O) groups is 1. The van der Waals surface area contributed by atoms with Crippen LogP contribution in [0, 0.1) is 0 Å². The fourth-order valence-corrected chi connectivity index (χ4v) is 4.83. The predicted octanol–water partition coefficient (Wildman–Crippen LogP) is 5.74. The van der Waals surface area contributed by atoms with Crippen LogP contribution in [0.3, 0.4) is 0 Å². The molecule has 0 aliphatic carbocycles. The van der Waals surface area contributed by atoms with E-state index < -0.39 is 0 Å². The van der Waals surface area contributed by atoms with Crippen LogP contribution in [0.4, 0.5) is 5.69 Å². The summed E-state index contributed by atoms with van der Waals surface area (Å²) in [4.78, 5) is 18.0. The minimum atomic E-state index is 0.138. The van der Waals surface area contributed by atoms with E-state index in [0.717, 1.165) is 59.6 Å². The summed E-state index contributed by atoms with van der Waals surface area (Å²) < 4.78 is 6.57. The van der Waals surface area contributed by atoms with Gasteiger partial charge in [0.1, 0.15) is 5.75 Å². The third-order valence-corrected chi connectivity index (χ3v) is 6.77. The van der Waals surface area contributed by atoms with Crippen LogP contribution in [0.1, 0.15) is 30.0 Å². The van der Waals surface area contributed by atoms with E-state index in [9.17, 15) is 4.79 Å². The molecule has 0 saturated carbocycles. The van der Waals surface area contributed by atoms with Crippen LogP contribution >= 0.6 is 15.9 Å². The molecular weight excluding hydrogens is 502 g/mol. The Hall–Kier alpha value is -2.83. The van der Waals surface area contributed by atoms with Gasteiger partial charge in [-0.15, -0.1) is 0 Å². The first-order valence-corrected chi connectivity index (χ1v) is 13.2. The number of fused-ring (bicyclic) bond motifs is 1. The number of benzene rings is 3. The number of hydrogen-bond acceptors (Lipinski definition) is 4. The van der Waals surface area contributed by atoms with E-state index in [4.69, 9.17) is 4.74 Å². The number of nitrogens with zero attached hydrogens (tertiary/aromatic N) is 2. The van der Waals surface area contributed by atoms with E-state index in [1.807, 2.05) is 36.1 Å². The van der Waals surface area contributed by atoms with Gasteiger partial charge in [-0.2, -0.15) is 0 Å². The summed E-state index contributed by atoms with van der Waals surface area (Å²) >= 11 is 3.61. The van der Waals surface area contributed by atoms with E-state index >= 15 is 0 Å². The Morgan fingerprint density at radius 2 is 1.77 bits per heavy atom. The number of rotatable bonds is 6. The average Bonchev–Trinajstić information content (AvgIpc) is 2.90. The number of halogens is 1. The first kappa shape index (κ1) is 25.3. The zero-order valence-corrected chi connectivity index (χ0v) is 22.0. The molecule has 35 heavy (non-hydrogen) atoms. The van der Waals surface area contributed by atoms with Crippen molar-refractivity contribution in [1.29, 1.82) is 0 Å². The monoisotopic (exact) mass is 535 g/mol. The standard InChI is InChI=1S/C29H34BrN3O2/c1-2-35-27-12-9-23(10-13-27)19-29(34)33-18-17-32(21-24-7-4-3-5-8-24)16-6-15-31-28-14-11-26(30)20-25(28)22-33/h3-5,7-14,20,31H,2,6,15-19,21-22H2,1H3. The summed E-state index contributed by atoms with van der Waals surface area (Å²) in [5.41, 5.74) is 4.54. The second-order valence-electron chi connectivity index (χ2n) is 8.91. The van der Waals surface area contributed by atoms with E-state index in [1.165, 1.54) is 5.56 Å². The Morgan fingerprint density at radius 3 is 2.54 bits per heavy atom. The maximum Gasteiger partial charge on any atom is 0.227 e. The van der Waals surface area contributed by atoms with Gasteiger partial charge in [-0.3, -0.25) is 9.69 Å². The van der Waals surface area contributed by atoms with E-state index in [1.54, 1.807) is 0 Å². The molecule has 4 rings (SSSR count). The lowest BCUT2D eigenvalue weighted by Gasteiger charge is -2.28. The Morgan fingerprint density at radius 1 is 0.971 bits per heavy atom. The number of anilines is 1. The van der Waals surface area contributed by atoms with Gasteiger partial charge in [0, 0.05) is 49.4 Å². The van der Waals surface area contributed by atoms with Gasteiger partial charge < -0.3 is 15.0 Å². The molecule has 0 aromatic heterocycles. The van der Waals surface area contributed by atoms with Crippen LogP contribution in [0.25, 0.3) is 0 Å². The summed E-state index contributed by atoms with van der Waals surface area (Å²) in [6.45, 7) is 7.49. The van der Waals surface area contributed by atoms with Crippen molar-refractivity contribution in [1.82, 2.24) is 9.80 Å². The smallest absolute Gasteiger partial charge is 0.227 e. The van der Waals surface area contributed by atoms with Crippen molar-refractivity contribution >= 4 is 27.5 Å². The van der Waals surface area contributed by atoms with Crippen LogP contribution in [0.5, 0.6) is 5.75 Å². The summed E-state index contributed by atoms with van der Waals surface area (Å²) in [5.74, 6) is 0.972. The Labute approximate surface area is 217 Å². The Bertz CT molecular complexity index is 1090. The number of nitrogens with one attached hydrogen (secondary N) is 1. The lowest BCUT2D eigenvalue weighted by Crippen LogP contribution is -2.39. The molecule has 3 aromatic rings. The molecule has 5 nitrogen and oxygen atoms in total. The molecule has 0 saturated heterocycles. The molecule has 0 fully saturated rings.